The lowest BCUT2D eigenvalue weighted by molar-refractivity contribution is 0.306. The maximum atomic E-state index is 3.83. The summed E-state index contributed by atoms with van der Waals surface area (Å²) >= 11 is 2.25. The van der Waals surface area contributed by atoms with Crippen LogP contribution >= 0.6 is 11.8 Å². The molecule has 17 heavy (non-hydrogen) atoms. The van der Waals surface area contributed by atoms with E-state index in [9.17, 15) is 0 Å². The maximum absolute atomic E-state index is 3.83. The molecule has 0 bridgehead atoms. The van der Waals surface area contributed by atoms with Crippen LogP contribution in [-0.2, 0) is 0 Å². The van der Waals surface area contributed by atoms with Gasteiger partial charge in [0.1, 0.15) is 0 Å². The summed E-state index contributed by atoms with van der Waals surface area (Å²) in [6.07, 6.45) is 13.2. The van der Waals surface area contributed by atoms with E-state index in [4.69, 9.17) is 0 Å². The first-order chi connectivity index (χ1) is 8.42. The van der Waals surface area contributed by atoms with Crippen molar-refractivity contribution in [1.29, 1.82) is 0 Å². The van der Waals surface area contributed by atoms with Crippen LogP contribution in [0, 0.1) is 5.92 Å². The molecule has 2 aliphatic rings. The molecule has 2 atom stereocenters. The minimum absolute atomic E-state index is 0.809. The molecule has 2 unspecified atom stereocenters. The third-order valence-corrected chi connectivity index (χ3v) is 5.94. The third-order valence-electron chi connectivity index (χ3n) is 4.46. The zero-order valence-corrected chi connectivity index (χ0v) is 12.2. The first kappa shape index (κ1) is 13.7. The van der Waals surface area contributed by atoms with Crippen LogP contribution in [0.4, 0.5) is 0 Å². The van der Waals surface area contributed by atoms with Crippen molar-refractivity contribution in [3.8, 4) is 0 Å². The van der Waals surface area contributed by atoms with E-state index >= 15 is 0 Å². The fourth-order valence-corrected chi connectivity index (χ4v) is 5.09. The molecule has 2 heteroatoms. The van der Waals surface area contributed by atoms with Gasteiger partial charge in [0.05, 0.1) is 0 Å². The molecule has 100 valence electrons. The van der Waals surface area contributed by atoms with Gasteiger partial charge >= 0.3 is 0 Å². The third kappa shape index (κ3) is 4.17. The summed E-state index contributed by atoms with van der Waals surface area (Å²) in [5, 5.41) is 4.74. The Bertz CT molecular complexity index is 193. The van der Waals surface area contributed by atoms with Crippen LogP contribution in [0.5, 0.6) is 0 Å². The highest BCUT2D eigenvalue weighted by Gasteiger charge is 2.30. The molecule has 1 saturated heterocycles. The second kappa shape index (κ2) is 7.68. The van der Waals surface area contributed by atoms with Crippen LogP contribution in [0.15, 0.2) is 0 Å². The highest BCUT2D eigenvalue weighted by atomic mass is 32.2. The van der Waals surface area contributed by atoms with Crippen LogP contribution in [0.3, 0.4) is 0 Å². The van der Waals surface area contributed by atoms with Crippen molar-refractivity contribution >= 4 is 11.8 Å². The molecular formula is C15H29NS. The average Bonchev–Trinajstić information content (AvgIpc) is 2.66. The zero-order chi connectivity index (χ0) is 11.9. The molecule has 1 nitrogen and oxygen atoms in total. The summed E-state index contributed by atoms with van der Waals surface area (Å²) < 4.78 is 0. The van der Waals surface area contributed by atoms with Crippen molar-refractivity contribution in [2.75, 3.05) is 12.3 Å². The Kier molecular flexibility index (Phi) is 6.21. The van der Waals surface area contributed by atoms with Crippen LogP contribution in [0.25, 0.3) is 0 Å². The van der Waals surface area contributed by atoms with Gasteiger partial charge in [0.25, 0.3) is 0 Å². The summed E-state index contributed by atoms with van der Waals surface area (Å²) in [5.74, 6) is 2.37. The summed E-state index contributed by atoms with van der Waals surface area (Å²) in [4.78, 5) is 0. The van der Waals surface area contributed by atoms with E-state index in [0.29, 0.717) is 0 Å². The van der Waals surface area contributed by atoms with E-state index in [1.165, 1.54) is 63.5 Å². The van der Waals surface area contributed by atoms with Crippen molar-refractivity contribution in [3.63, 3.8) is 0 Å². The number of hydrogen-bond acceptors (Lipinski definition) is 2. The van der Waals surface area contributed by atoms with Gasteiger partial charge < -0.3 is 5.32 Å². The van der Waals surface area contributed by atoms with Gasteiger partial charge in [0.15, 0.2) is 0 Å². The SMILES string of the molecule is CCNC(C1CCCCCC1)C1CCCCS1. The molecule has 0 amide bonds. The quantitative estimate of drug-likeness (QED) is 0.755. The summed E-state index contributed by atoms with van der Waals surface area (Å²) in [7, 11) is 0. The Morgan fingerprint density at radius 1 is 1.00 bits per heavy atom. The predicted octanol–water partition coefficient (Wildman–Crippen LogP) is 4.22. The van der Waals surface area contributed by atoms with E-state index in [1.807, 2.05) is 0 Å². The second-order valence-electron chi connectivity index (χ2n) is 5.74. The fraction of sp³-hybridized carbons (Fsp3) is 1.00. The molecule has 1 N–H and O–H groups in total. The smallest absolute Gasteiger partial charge is 0.0214 e. The zero-order valence-electron chi connectivity index (χ0n) is 11.4. The van der Waals surface area contributed by atoms with Gasteiger partial charge in [-0.2, -0.15) is 11.8 Å². The van der Waals surface area contributed by atoms with Crippen molar-refractivity contribution < 1.29 is 0 Å². The number of rotatable bonds is 4. The summed E-state index contributed by atoms with van der Waals surface area (Å²) in [6, 6.07) is 0.809. The number of nitrogens with one attached hydrogen (secondary N) is 1. The number of hydrogen-bond donors (Lipinski definition) is 1. The Labute approximate surface area is 112 Å². The molecular weight excluding hydrogens is 226 g/mol. The minimum Gasteiger partial charge on any atom is -0.313 e. The molecule has 0 radical (unpaired) electrons. The van der Waals surface area contributed by atoms with Gasteiger partial charge in [-0.3, -0.25) is 0 Å². The van der Waals surface area contributed by atoms with Crippen LogP contribution in [0.1, 0.15) is 64.7 Å². The Morgan fingerprint density at radius 3 is 2.29 bits per heavy atom. The molecule has 0 aromatic rings. The van der Waals surface area contributed by atoms with E-state index < -0.39 is 0 Å². The highest BCUT2D eigenvalue weighted by molar-refractivity contribution is 8.00. The van der Waals surface area contributed by atoms with Crippen molar-refractivity contribution in [2.45, 2.75) is 76.0 Å². The van der Waals surface area contributed by atoms with Gasteiger partial charge in [-0.05, 0) is 43.9 Å². The number of thioether (sulfide) groups is 1. The molecule has 0 aromatic heterocycles. The molecule has 2 fully saturated rings. The Balaban J connectivity index is 1.93. The molecule has 0 spiro atoms. The van der Waals surface area contributed by atoms with Gasteiger partial charge in [0.2, 0.25) is 0 Å². The topological polar surface area (TPSA) is 12.0 Å². The lowest BCUT2D eigenvalue weighted by atomic mass is 9.88. The fourth-order valence-electron chi connectivity index (χ4n) is 3.56. The predicted molar refractivity (Wildman–Crippen MR) is 78.8 cm³/mol. The monoisotopic (exact) mass is 255 g/mol. The van der Waals surface area contributed by atoms with Crippen LogP contribution < -0.4 is 5.32 Å². The van der Waals surface area contributed by atoms with E-state index in [-0.39, 0.29) is 0 Å². The van der Waals surface area contributed by atoms with Gasteiger partial charge in [-0.25, -0.2) is 0 Å². The molecule has 1 aliphatic carbocycles. The van der Waals surface area contributed by atoms with Gasteiger partial charge in [0, 0.05) is 11.3 Å². The van der Waals surface area contributed by atoms with Gasteiger partial charge in [-0.1, -0.05) is 39.0 Å². The van der Waals surface area contributed by atoms with Crippen molar-refractivity contribution in [3.05, 3.63) is 0 Å². The minimum atomic E-state index is 0.809. The molecule has 1 aliphatic heterocycles. The lowest BCUT2D eigenvalue weighted by Gasteiger charge is -2.36. The second-order valence-corrected chi connectivity index (χ2v) is 7.09. The molecule has 1 saturated carbocycles. The van der Waals surface area contributed by atoms with Crippen LogP contribution in [0.2, 0.25) is 0 Å². The normalized spacial score (nSPS) is 29.8. The van der Waals surface area contributed by atoms with Crippen LogP contribution in [-0.4, -0.2) is 23.6 Å². The lowest BCUT2D eigenvalue weighted by Crippen LogP contribution is -2.44. The van der Waals surface area contributed by atoms with E-state index in [2.05, 4.69) is 24.0 Å². The Hall–Kier alpha value is 0.310. The standard InChI is InChI=1S/C15H29NS/c1-2-16-15(14-11-7-8-12-17-14)13-9-5-3-4-6-10-13/h13-16H,2-12H2,1H3. The molecule has 1 heterocycles. The van der Waals surface area contributed by atoms with E-state index in [1.54, 1.807) is 0 Å². The average molecular weight is 255 g/mol. The van der Waals surface area contributed by atoms with Crippen molar-refractivity contribution in [1.82, 2.24) is 5.32 Å². The highest BCUT2D eigenvalue weighted by Crippen LogP contribution is 2.35. The summed E-state index contributed by atoms with van der Waals surface area (Å²) in [6.45, 7) is 3.43. The van der Waals surface area contributed by atoms with E-state index in [0.717, 1.165) is 23.8 Å². The molecule has 2 rings (SSSR count). The van der Waals surface area contributed by atoms with Crippen molar-refractivity contribution in [2.24, 2.45) is 5.92 Å². The van der Waals surface area contributed by atoms with Gasteiger partial charge in [-0.15, -0.1) is 0 Å². The maximum Gasteiger partial charge on any atom is 0.0214 e. The largest absolute Gasteiger partial charge is 0.313 e. The first-order valence-electron chi connectivity index (χ1n) is 7.77. The Morgan fingerprint density at radius 2 is 1.71 bits per heavy atom. The summed E-state index contributed by atoms with van der Waals surface area (Å²) in [5.41, 5.74) is 0. The molecule has 0 aromatic carbocycles. The first-order valence-corrected chi connectivity index (χ1v) is 8.81.